The molecular formula is C23H17N5O6S. The summed E-state index contributed by atoms with van der Waals surface area (Å²) in [6.45, 7) is 1.68. The van der Waals surface area contributed by atoms with Gasteiger partial charge in [0.15, 0.2) is 10.8 Å². The summed E-state index contributed by atoms with van der Waals surface area (Å²) in [6, 6.07) is 14.1. The van der Waals surface area contributed by atoms with Crippen LogP contribution in [0.1, 0.15) is 12.5 Å². The van der Waals surface area contributed by atoms with E-state index >= 15 is 0 Å². The van der Waals surface area contributed by atoms with Crippen LogP contribution in [0.15, 0.2) is 77.2 Å². The third-order valence-corrected chi connectivity index (χ3v) is 5.22. The van der Waals surface area contributed by atoms with Crippen molar-refractivity contribution >= 4 is 58.3 Å². The summed E-state index contributed by atoms with van der Waals surface area (Å²) in [4.78, 5) is 50.2. The molecule has 11 nitrogen and oxygen atoms in total. The molecule has 1 saturated heterocycles. The van der Waals surface area contributed by atoms with E-state index in [0.29, 0.717) is 11.3 Å². The standard InChI is InChI=1S/C23H17N5O6S/c1-2-34-22(31)19-17(21(30)27(25-19)15-8-4-3-5-9-15)13-26-18(20(29)24-23(26)35)12-14-7-6-10-16(11-14)28(32)33/h3-13H,2H2,1H3,(H,24,29,35)/b17-13?,18-12+. The van der Waals surface area contributed by atoms with Gasteiger partial charge >= 0.3 is 5.97 Å². The summed E-state index contributed by atoms with van der Waals surface area (Å²) in [7, 11) is 0. The number of hydrazone groups is 1. The minimum atomic E-state index is -0.820. The number of benzene rings is 2. The van der Waals surface area contributed by atoms with Gasteiger partial charge in [0, 0.05) is 18.3 Å². The topological polar surface area (TPSA) is 134 Å². The minimum absolute atomic E-state index is 0.00262. The fraction of sp³-hybridized carbons (Fsp3) is 0.0870. The van der Waals surface area contributed by atoms with Crippen molar-refractivity contribution in [1.29, 1.82) is 0 Å². The molecule has 0 atom stereocenters. The zero-order chi connectivity index (χ0) is 25.1. The van der Waals surface area contributed by atoms with Crippen LogP contribution in [0.2, 0.25) is 0 Å². The number of carbonyl (C=O) groups excluding carboxylic acids is 3. The van der Waals surface area contributed by atoms with Crippen molar-refractivity contribution < 1.29 is 24.0 Å². The first-order valence-corrected chi connectivity index (χ1v) is 10.7. The molecule has 176 valence electrons. The van der Waals surface area contributed by atoms with Crippen molar-refractivity contribution in [2.24, 2.45) is 5.10 Å². The average Bonchev–Trinajstić information content (AvgIpc) is 3.31. The van der Waals surface area contributed by atoms with Crippen LogP contribution in [0.3, 0.4) is 0 Å². The predicted molar refractivity (Wildman–Crippen MR) is 130 cm³/mol. The number of amides is 2. The van der Waals surface area contributed by atoms with Crippen LogP contribution in [0.4, 0.5) is 11.4 Å². The molecule has 0 aliphatic carbocycles. The maximum Gasteiger partial charge on any atom is 0.359 e. The van der Waals surface area contributed by atoms with Crippen molar-refractivity contribution in [2.45, 2.75) is 6.92 Å². The number of carbonyl (C=O) groups is 3. The summed E-state index contributed by atoms with van der Waals surface area (Å²) in [6.07, 6.45) is 2.61. The summed E-state index contributed by atoms with van der Waals surface area (Å²) in [5.41, 5.74) is 0.228. The van der Waals surface area contributed by atoms with Gasteiger partial charge in [-0.15, -0.1) is 0 Å². The Morgan fingerprint density at radius 2 is 1.94 bits per heavy atom. The molecule has 0 saturated carbocycles. The molecule has 4 rings (SSSR count). The first-order valence-electron chi connectivity index (χ1n) is 10.3. The van der Waals surface area contributed by atoms with Gasteiger partial charge in [0.1, 0.15) is 5.70 Å². The Morgan fingerprint density at radius 3 is 2.63 bits per heavy atom. The third-order valence-electron chi connectivity index (χ3n) is 4.92. The number of nitro benzene ring substituents is 1. The fourth-order valence-corrected chi connectivity index (χ4v) is 3.59. The molecular weight excluding hydrogens is 474 g/mol. The van der Waals surface area contributed by atoms with E-state index in [1.807, 2.05) is 0 Å². The lowest BCUT2D eigenvalue weighted by atomic mass is 10.1. The van der Waals surface area contributed by atoms with E-state index in [4.69, 9.17) is 17.0 Å². The Bertz CT molecular complexity index is 1350. The van der Waals surface area contributed by atoms with Gasteiger partial charge in [-0.3, -0.25) is 29.9 Å². The highest BCUT2D eigenvalue weighted by Crippen LogP contribution is 2.27. The molecule has 2 aliphatic heterocycles. The largest absolute Gasteiger partial charge is 0.461 e. The van der Waals surface area contributed by atoms with Gasteiger partial charge in [-0.05, 0) is 42.9 Å². The molecule has 0 spiro atoms. The van der Waals surface area contributed by atoms with Gasteiger partial charge < -0.3 is 4.74 Å². The Kier molecular flexibility index (Phi) is 6.46. The number of nitrogens with zero attached hydrogens (tertiary/aromatic N) is 4. The van der Waals surface area contributed by atoms with Gasteiger partial charge in [-0.2, -0.15) is 10.1 Å². The summed E-state index contributed by atoms with van der Waals surface area (Å²) < 4.78 is 5.06. The lowest BCUT2D eigenvalue weighted by Crippen LogP contribution is -2.28. The molecule has 35 heavy (non-hydrogen) atoms. The first-order chi connectivity index (χ1) is 16.8. The van der Waals surface area contributed by atoms with Crippen LogP contribution in [-0.2, 0) is 19.1 Å². The molecule has 2 aliphatic rings. The highest BCUT2D eigenvalue weighted by Gasteiger charge is 2.39. The number of non-ortho nitro benzene ring substituents is 1. The number of hydrogen-bond acceptors (Lipinski definition) is 8. The fourth-order valence-electron chi connectivity index (χ4n) is 3.34. The van der Waals surface area contributed by atoms with Gasteiger partial charge in [0.25, 0.3) is 17.5 Å². The van der Waals surface area contributed by atoms with Crippen LogP contribution < -0.4 is 10.3 Å². The molecule has 2 aromatic rings. The van der Waals surface area contributed by atoms with Crippen LogP contribution in [0.25, 0.3) is 6.08 Å². The highest BCUT2D eigenvalue weighted by atomic mass is 32.1. The van der Waals surface area contributed by atoms with E-state index in [1.54, 1.807) is 43.3 Å². The number of anilines is 1. The van der Waals surface area contributed by atoms with Crippen LogP contribution in [-0.4, -0.2) is 45.0 Å². The van der Waals surface area contributed by atoms with Crippen LogP contribution >= 0.6 is 12.2 Å². The number of hydrogen-bond donors (Lipinski definition) is 1. The summed E-state index contributed by atoms with van der Waals surface area (Å²) >= 11 is 5.25. The second-order valence-electron chi connectivity index (χ2n) is 7.18. The van der Waals surface area contributed by atoms with Crippen molar-refractivity contribution in [2.75, 3.05) is 11.6 Å². The maximum absolute atomic E-state index is 13.3. The van der Waals surface area contributed by atoms with E-state index in [1.165, 1.54) is 35.4 Å². The van der Waals surface area contributed by atoms with Crippen LogP contribution in [0.5, 0.6) is 0 Å². The predicted octanol–water partition coefficient (Wildman–Crippen LogP) is 2.50. The van der Waals surface area contributed by atoms with E-state index < -0.39 is 22.7 Å². The number of ether oxygens (including phenoxy) is 1. The number of para-hydroxylation sites is 1. The number of rotatable bonds is 6. The van der Waals surface area contributed by atoms with E-state index in [9.17, 15) is 24.5 Å². The maximum atomic E-state index is 13.3. The van der Waals surface area contributed by atoms with Gasteiger partial charge in [-0.1, -0.05) is 30.3 Å². The zero-order valence-electron chi connectivity index (χ0n) is 18.2. The number of thiocarbonyl (C=S) groups is 1. The molecule has 2 aromatic carbocycles. The second-order valence-corrected chi connectivity index (χ2v) is 7.56. The zero-order valence-corrected chi connectivity index (χ0v) is 19.0. The monoisotopic (exact) mass is 491 g/mol. The lowest BCUT2D eigenvalue weighted by molar-refractivity contribution is -0.384. The lowest BCUT2D eigenvalue weighted by Gasteiger charge is -2.14. The molecule has 1 fully saturated rings. The Labute approximate surface area is 204 Å². The molecule has 1 N–H and O–H groups in total. The molecule has 0 aromatic heterocycles. The Morgan fingerprint density at radius 1 is 1.20 bits per heavy atom. The van der Waals surface area contributed by atoms with Gasteiger partial charge in [0.05, 0.1) is 22.8 Å². The Hall–Kier alpha value is -4.71. The molecule has 0 bridgehead atoms. The smallest absolute Gasteiger partial charge is 0.359 e. The van der Waals surface area contributed by atoms with Crippen molar-refractivity contribution in [1.82, 2.24) is 10.2 Å². The molecule has 2 amide bonds. The van der Waals surface area contributed by atoms with E-state index in [-0.39, 0.29) is 34.4 Å². The van der Waals surface area contributed by atoms with Gasteiger partial charge in [0.2, 0.25) is 0 Å². The normalized spacial score (nSPS) is 17.7. The van der Waals surface area contributed by atoms with Crippen molar-refractivity contribution in [3.8, 4) is 0 Å². The van der Waals surface area contributed by atoms with Crippen molar-refractivity contribution in [3.05, 3.63) is 87.7 Å². The third kappa shape index (κ3) is 4.68. The first kappa shape index (κ1) is 23.4. The Balaban J connectivity index is 1.77. The average molecular weight is 491 g/mol. The van der Waals surface area contributed by atoms with Crippen LogP contribution in [0, 0.1) is 10.1 Å². The number of nitrogens with one attached hydrogen (secondary N) is 1. The summed E-state index contributed by atoms with van der Waals surface area (Å²) in [5.74, 6) is -2.03. The second kappa shape index (κ2) is 9.65. The van der Waals surface area contributed by atoms with E-state index in [2.05, 4.69) is 10.4 Å². The molecule has 0 radical (unpaired) electrons. The molecule has 12 heteroatoms. The number of esters is 1. The minimum Gasteiger partial charge on any atom is -0.461 e. The number of nitro groups is 1. The molecule has 2 heterocycles. The van der Waals surface area contributed by atoms with E-state index in [0.717, 1.165) is 5.01 Å². The highest BCUT2D eigenvalue weighted by molar-refractivity contribution is 7.80. The SMILES string of the molecule is CCOC(=O)C1=NN(c2ccccc2)C(=O)C1=CN1C(=S)NC(=O)/C1=C\c1cccc([N+](=O)[O-])c1. The summed E-state index contributed by atoms with van der Waals surface area (Å²) in [5, 5.41) is 18.7. The van der Waals surface area contributed by atoms with Gasteiger partial charge in [-0.25, -0.2) is 4.79 Å². The quantitative estimate of drug-likeness (QED) is 0.214. The van der Waals surface area contributed by atoms with Crippen molar-refractivity contribution in [3.63, 3.8) is 0 Å². The molecule has 0 unspecified atom stereocenters.